The highest BCUT2D eigenvalue weighted by Crippen LogP contribution is 2.20. The molecule has 1 aliphatic rings. The van der Waals surface area contributed by atoms with Gasteiger partial charge in [-0.1, -0.05) is 12.1 Å². The highest BCUT2D eigenvalue weighted by molar-refractivity contribution is 5.98. The van der Waals surface area contributed by atoms with Crippen LogP contribution in [0.5, 0.6) is 5.75 Å². The van der Waals surface area contributed by atoms with Gasteiger partial charge in [-0.05, 0) is 43.3 Å². The Balaban J connectivity index is 1.43. The van der Waals surface area contributed by atoms with Crippen molar-refractivity contribution in [1.82, 2.24) is 10.2 Å². The van der Waals surface area contributed by atoms with Crippen molar-refractivity contribution in [2.45, 2.75) is 6.92 Å². The maximum Gasteiger partial charge on any atom is 0.317 e. The molecule has 8 heteroatoms. The summed E-state index contributed by atoms with van der Waals surface area (Å²) in [7, 11) is 1.63. The Kier molecular flexibility index (Phi) is 6.90. The molecule has 1 saturated heterocycles. The van der Waals surface area contributed by atoms with Crippen LogP contribution in [0.4, 0.5) is 16.2 Å². The second-order valence-corrected chi connectivity index (χ2v) is 7.02. The van der Waals surface area contributed by atoms with Crippen molar-refractivity contribution in [2.24, 2.45) is 0 Å². The van der Waals surface area contributed by atoms with Crippen molar-refractivity contribution >= 4 is 29.1 Å². The van der Waals surface area contributed by atoms with Gasteiger partial charge in [-0.2, -0.15) is 0 Å². The maximum absolute atomic E-state index is 12.4. The third-order valence-corrected chi connectivity index (χ3v) is 4.96. The Morgan fingerprint density at radius 3 is 2.33 bits per heavy atom. The Morgan fingerprint density at radius 1 is 1.00 bits per heavy atom. The second-order valence-electron chi connectivity index (χ2n) is 7.02. The molecule has 0 saturated carbocycles. The zero-order chi connectivity index (χ0) is 21.5. The van der Waals surface area contributed by atoms with Crippen LogP contribution in [-0.4, -0.2) is 62.5 Å². The largest absolute Gasteiger partial charge is 0.497 e. The van der Waals surface area contributed by atoms with E-state index in [0.29, 0.717) is 37.4 Å². The van der Waals surface area contributed by atoms with Crippen LogP contribution < -0.4 is 20.3 Å². The van der Waals surface area contributed by atoms with Gasteiger partial charge in [-0.15, -0.1) is 0 Å². The van der Waals surface area contributed by atoms with Crippen molar-refractivity contribution < 1.29 is 19.1 Å². The summed E-state index contributed by atoms with van der Waals surface area (Å²) in [4.78, 5) is 39.8. The molecule has 0 radical (unpaired) electrons. The molecule has 2 aromatic rings. The number of hydrogen-bond donors (Lipinski definition) is 2. The lowest BCUT2D eigenvalue weighted by molar-refractivity contribution is -0.115. The number of nitrogens with one attached hydrogen (secondary N) is 2. The molecule has 3 rings (SSSR count). The lowest BCUT2D eigenvalue weighted by atomic mass is 10.1. The van der Waals surface area contributed by atoms with Gasteiger partial charge < -0.3 is 25.2 Å². The number of nitrogens with zero attached hydrogens (tertiary/aromatic N) is 2. The summed E-state index contributed by atoms with van der Waals surface area (Å²) < 4.78 is 5.18. The van der Waals surface area contributed by atoms with Gasteiger partial charge in [0.25, 0.3) is 0 Å². The van der Waals surface area contributed by atoms with E-state index < -0.39 is 0 Å². The highest BCUT2D eigenvalue weighted by Gasteiger charge is 2.21. The third-order valence-electron chi connectivity index (χ3n) is 4.96. The molecule has 2 aromatic carbocycles. The van der Waals surface area contributed by atoms with Crippen LogP contribution in [0.15, 0.2) is 48.5 Å². The summed E-state index contributed by atoms with van der Waals surface area (Å²) in [6.45, 7) is 3.89. The summed E-state index contributed by atoms with van der Waals surface area (Å²) in [5, 5.41) is 5.34. The summed E-state index contributed by atoms with van der Waals surface area (Å²) >= 11 is 0. The second kappa shape index (κ2) is 9.78. The first-order chi connectivity index (χ1) is 14.5. The van der Waals surface area contributed by atoms with Gasteiger partial charge in [0.15, 0.2) is 5.78 Å². The fourth-order valence-corrected chi connectivity index (χ4v) is 3.25. The van der Waals surface area contributed by atoms with Crippen molar-refractivity contribution in [3.63, 3.8) is 0 Å². The van der Waals surface area contributed by atoms with Crippen molar-refractivity contribution in [1.29, 1.82) is 0 Å². The van der Waals surface area contributed by atoms with Gasteiger partial charge in [0.2, 0.25) is 5.91 Å². The lowest BCUT2D eigenvalue weighted by Gasteiger charge is -2.36. The van der Waals surface area contributed by atoms with Gasteiger partial charge in [-0.25, -0.2) is 4.79 Å². The zero-order valence-corrected chi connectivity index (χ0v) is 17.2. The summed E-state index contributed by atoms with van der Waals surface area (Å²) in [6.07, 6.45) is 0. The van der Waals surface area contributed by atoms with E-state index >= 15 is 0 Å². The normalized spacial score (nSPS) is 13.5. The Labute approximate surface area is 175 Å². The van der Waals surface area contributed by atoms with Crippen LogP contribution in [-0.2, 0) is 4.79 Å². The molecule has 30 heavy (non-hydrogen) atoms. The number of ketones is 1. The number of carbonyl (C=O) groups is 3. The predicted octanol–water partition coefficient (Wildman–Crippen LogP) is 2.37. The van der Waals surface area contributed by atoms with Crippen LogP contribution in [0.3, 0.4) is 0 Å². The Morgan fingerprint density at radius 2 is 1.70 bits per heavy atom. The van der Waals surface area contributed by atoms with E-state index in [1.165, 1.54) is 6.92 Å². The fourth-order valence-electron chi connectivity index (χ4n) is 3.25. The molecule has 0 aliphatic carbocycles. The molecule has 0 spiro atoms. The standard InChI is InChI=1S/C22H26N4O4/c1-16(27)17-4-3-5-18(14-17)24-21(28)15-23-22(29)26-12-10-25(11-13-26)19-6-8-20(30-2)9-7-19/h3-9,14H,10-13,15H2,1-2H3,(H,23,29)(H,24,28). The molecule has 8 nitrogen and oxygen atoms in total. The minimum atomic E-state index is -0.346. The van der Waals surface area contributed by atoms with Crippen LogP contribution in [0.1, 0.15) is 17.3 Å². The number of urea groups is 1. The van der Waals surface area contributed by atoms with Crippen LogP contribution in [0, 0.1) is 0 Å². The molecule has 1 fully saturated rings. The number of carbonyl (C=O) groups excluding carboxylic acids is 3. The van der Waals surface area contributed by atoms with Gasteiger partial charge >= 0.3 is 6.03 Å². The molecule has 3 amide bonds. The number of Topliss-reactive ketones (excluding diaryl/α,β-unsaturated/α-hetero) is 1. The number of rotatable bonds is 6. The molecule has 0 atom stereocenters. The molecule has 158 valence electrons. The fraction of sp³-hybridized carbons (Fsp3) is 0.318. The first-order valence-electron chi connectivity index (χ1n) is 9.79. The quantitative estimate of drug-likeness (QED) is 0.714. The average molecular weight is 410 g/mol. The van der Waals surface area contributed by atoms with Crippen molar-refractivity contribution in [2.75, 3.05) is 50.1 Å². The number of amides is 3. The number of piperazine rings is 1. The first kappa shape index (κ1) is 21.2. The van der Waals surface area contributed by atoms with Crippen molar-refractivity contribution in [3.05, 3.63) is 54.1 Å². The number of ether oxygens (including phenoxy) is 1. The predicted molar refractivity (Wildman–Crippen MR) is 115 cm³/mol. The van der Waals surface area contributed by atoms with Gasteiger partial charge in [0, 0.05) is 43.1 Å². The van der Waals surface area contributed by atoms with E-state index in [1.807, 2.05) is 24.3 Å². The number of anilines is 2. The smallest absolute Gasteiger partial charge is 0.317 e. The molecule has 1 aliphatic heterocycles. The Bertz CT molecular complexity index is 906. The van der Waals surface area contributed by atoms with Gasteiger partial charge in [-0.3, -0.25) is 9.59 Å². The van der Waals surface area contributed by atoms with Crippen LogP contribution >= 0.6 is 0 Å². The van der Waals surface area contributed by atoms with Crippen LogP contribution in [0.25, 0.3) is 0 Å². The van der Waals surface area contributed by atoms with E-state index in [4.69, 9.17) is 4.74 Å². The minimum absolute atomic E-state index is 0.0758. The maximum atomic E-state index is 12.4. The first-order valence-corrected chi connectivity index (χ1v) is 9.79. The molecular weight excluding hydrogens is 384 g/mol. The number of hydrogen-bond acceptors (Lipinski definition) is 5. The lowest BCUT2D eigenvalue weighted by Crippen LogP contribution is -2.52. The minimum Gasteiger partial charge on any atom is -0.497 e. The molecular formula is C22H26N4O4. The van der Waals surface area contributed by atoms with Crippen molar-refractivity contribution in [3.8, 4) is 5.75 Å². The topological polar surface area (TPSA) is 91.0 Å². The molecule has 0 bridgehead atoms. The number of methoxy groups -OCH3 is 1. The van der Waals surface area contributed by atoms with E-state index in [2.05, 4.69) is 15.5 Å². The van der Waals surface area contributed by atoms with E-state index in [9.17, 15) is 14.4 Å². The summed E-state index contributed by atoms with van der Waals surface area (Å²) in [5.74, 6) is 0.386. The molecule has 1 heterocycles. The molecule has 0 aromatic heterocycles. The SMILES string of the molecule is COc1ccc(N2CCN(C(=O)NCC(=O)Nc3cccc(C(C)=O)c3)CC2)cc1. The van der Waals surface area contributed by atoms with Crippen LogP contribution in [0.2, 0.25) is 0 Å². The third kappa shape index (κ3) is 5.50. The van der Waals surface area contributed by atoms with Gasteiger partial charge in [0.05, 0.1) is 13.7 Å². The van der Waals surface area contributed by atoms with E-state index in [1.54, 1.807) is 36.3 Å². The van der Waals surface area contributed by atoms with E-state index in [-0.39, 0.29) is 24.3 Å². The summed E-state index contributed by atoms with van der Waals surface area (Å²) in [6, 6.07) is 14.3. The monoisotopic (exact) mass is 410 g/mol. The summed E-state index contributed by atoms with van der Waals surface area (Å²) in [5.41, 5.74) is 2.13. The van der Waals surface area contributed by atoms with Gasteiger partial charge in [0.1, 0.15) is 5.75 Å². The molecule has 0 unspecified atom stereocenters. The zero-order valence-electron chi connectivity index (χ0n) is 17.2. The number of benzene rings is 2. The molecule has 2 N–H and O–H groups in total. The average Bonchev–Trinajstić information content (AvgIpc) is 2.78. The Hall–Kier alpha value is -3.55. The highest BCUT2D eigenvalue weighted by atomic mass is 16.5. The van der Waals surface area contributed by atoms with E-state index in [0.717, 1.165) is 11.4 Å².